The molecule has 0 amide bonds. The second-order valence-electron chi connectivity index (χ2n) is 4.51. The SMILES string of the molecule is Oc1cccc(Sc2cncc(N3CCCC3)n2)c1. The predicted octanol–water partition coefficient (Wildman–Crippen LogP) is 2.93. The molecule has 19 heavy (non-hydrogen) atoms. The molecule has 1 aromatic carbocycles. The molecule has 98 valence electrons. The molecular formula is C14H15N3OS. The van der Waals surface area contributed by atoms with E-state index >= 15 is 0 Å². The average Bonchev–Trinajstić information content (AvgIpc) is 2.93. The van der Waals surface area contributed by atoms with Gasteiger partial charge >= 0.3 is 0 Å². The predicted molar refractivity (Wildman–Crippen MR) is 75.7 cm³/mol. The number of benzene rings is 1. The number of anilines is 1. The van der Waals surface area contributed by atoms with E-state index in [-0.39, 0.29) is 5.75 Å². The third-order valence-electron chi connectivity index (χ3n) is 3.07. The molecule has 4 nitrogen and oxygen atoms in total. The van der Waals surface area contributed by atoms with Gasteiger partial charge in [0.05, 0.1) is 12.4 Å². The van der Waals surface area contributed by atoms with Crippen LogP contribution in [-0.4, -0.2) is 28.2 Å². The molecular weight excluding hydrogens is 258 g/mol. The third kappa shape index (κ3) is 2.98. The number of nitrogens with zero attached hydrogens (tertiary/aromatic N) is 3. The monoisotopic (exact) mass is 273 g/mol. The second kappa shape index (κ2) is 5.48. The van der Waals surface area contributed by atoms with Crippen LogP contribution in [0.15, 0.2) is 46.6 Å². The van der Waals surface area contributed by atoms with Crippen molar-refractivity contribution >= 4 is 17.6 Å². The van der Waals surface area contributed by atoms with Gasteiger partial charge in [-0.2, -0.15) is 0 Å². The number of hydrogen-bond acceptors (Lipinski definition) is 5. The van der Waals surface area contributed by atoms with Crippen LogP contribution in [0.4, 0.5) is 5.82 Å². The van der Waals surface area contributed by atoms with E-state index in [0.29, 0.717) is 0 Å². The molecule has 3 rings (SSSR count). The highest BCUT2D eigenvalue weighted by Crippen LogP contribution is 2.29. The van der Waals surface area contributed by atoms with E-state index in [1.165, 1.54) is 24.6 Å². The normalized spacial score (nSPS) is 14.8. The van der Waals surface area contributed by atoms with Crippen LogP contribution in [-0.2, 0) is 0 Å². The highest BCUT2D eigenvalue weighted by atomic mass is 32.2. The van der Waals surface area contributed by atoms with E-state index in [9.17, 15) is 5.11 Å². The number of rotatable bonds is 3. The molecule has 2 heterocycles. The summed E-state index contributed by atoms with van der Waals surface area (Å²) in [5, 5.41) is 10.3. The van der Waals surface area contributed by atoms with Gasteiger partial charge < -0.3 is 10.0 Å². The van der Waals surface area contributed by atoms with Crippen molar-refractivity contribution in [3.63, 3.8) is 0 Å². The standard InChI is InChI=1S/C14H15N3OS/c18-11-4-3-5-12(8-11)19-14-10-15-9-13(16-14)17-6-1-2-7-17/h3-5,8-10,18H,1-2,6-7H2. The lowest BCUT2D eigenvalue weighted by molar-refractivity contribution is 0.474. The van der Waals surface area contributed by atoms with Crippen LogP contribution < -0.4 is 4.90 Å². The zero-order valence-corrected chi connectivity index (χ0v) is 11.3. The molecule has 1 aliphatic heterocycles. The summed E-state index contributed by atoms with van der Waals surface area (Å²) in [5.41, 5.74) is 0. The van der Waals surface area contributed by atoms with Crippen LogP contribution >= 0.6 is 11.8 Å². The second-order valence-corrected chi connectivity index (χ2v) is 5.60. The molecule has 2 aromatic rings. The smallest absolute Gasteiger partial charge is 0.148 e. The van der Waals surface area contributed by atoms with E-state index in [1.54, 1.807) is 18.3 Å². The molecule has 1 N–H and O–H groups in total. The number of phenolic OH excluding ortho intramolecular Hbond substituents is 1. The molecule has 0 spiro atoms. The van der Waals surface area contributed by atoms with E-state index in [4.69, 9.17) is 0 Å². The fourth-order valence-corrected chi connectivity index (χ4v) is 2.97. The van der Waals surface area contributed by atoms with Crippen molar-refractivity contribution in [2.75, 3.05) is 18.0 Å². The first-order chi connectivity index (χ1) is 9.31. The molecule has 0 unspecified atom stereocenters. The first-order valence-corrected chi connectivity index (χ1v) is 7.17. The summed E-state index contributed by atoms with van der Waals surface area (Å²) in [4.78, 5) is 12.1. The lowest BCUT2D eigenvalue weighted by Gasteiger charge is -2.16. The fourth-order valence-electron chi connectivity index (χ4n) is 2.15. The largest absolute Gasteiger partial charge is 0.508 e. The molecule has 1 fully saturated rings. The van der Waals surface area contributed by atoms with E-state index in [1.807, 2.05) is 18.3 Å². The van der Waals surface area contributed by atoms with Crippen LogP contribution in [0.2, 0.25) is 0 Å². The summed E-state index contributed by atoms with van der Waals surface area (Å²) >= 11 is 1.51. The summed E-state index contributed by atoms with van der Waals surface area (Å²) in [7, 11) is 0. The number of phenols is 1. The number of aromatic nitrogens is 2. The van der Waals surface area contributed by atoms with E-state index < -0.39 is 0 Å². The molecule has 0 atom stereocenters. The Bertz CT molecular complexity index is 570. The van der Waals surface area contributed by atoms with Gasteiger partial charge in [0.2, 0.25) is 0 Å². The van der Waals surface area contributed by atoms with Crippen LogP contribution in [0.5, 0.6) is 5.75 Å². The van der Waals surface area contributed by atoms with Crippen molar-refractivity contribution in [2.45, 2.75) is 22.8 Å². The molecule has 5 heteroatoms. The quantitative estimate of drug-likeness (QED) is 0.931. The Kier molecular flexibility index (Phi) is 3.55. The van der Waals surface area contributed by atoms with Crippen molar-refractivity contribution in [1.29, 1.82) is 0 Å². The maximum absolute atomic E-state index is 9.46. The van der Waals surface area contributed by atoms with Gasteiger partial charge in [0, 0.05) is 18.0 Å². The molecule has 0 aliphatic carbocycles. The Labute approximate surface area is 116 Å². The number of hydrogen-bond donors (Lipinski definition) is 1. The summed E-state index contributed by atoms with van der Waals surface area (Å²) in [6.45, 7) is 2.13. The van der Waals surface area contributed by atoms with Gasteiger partial charge in [-0.1, -0.05) is 17.8 Å². The Morgan fingerprint density at radius 1 is 1.16 bits per heavy atom. The Hall–Kier alpha value is -1.75. The Morgan fingerprint density at radius 2 is 2.00 bits per heavy atom. The third-order valence-corrected chi connectivity index (χ3v) is 3.97. The summed E-state index contributed by atoms with van der Waals surface area (Å²) < 4.78 is 0. The molecule has 0 bridgehead atoms. The summed E-state index contributed by atoms with van der Waals surface area (Å²) in [6, 6.07) is 7.18. The zero-order valence-electron chi connectivity index (χ0n) is 10.5. The van der Waals surface area contributed by atoms with Crippen LogP contribution in [0.3, 0.4) is 0 Å². The maximum Gasteiger partial charge on any atom is 0.148 e. The average molecular weight is 273 g/mol. The molecule has 0 radical (unpaired) electrons. The van der Waals surface area contributed by atoms with Crippen molar-refractivity contribution in [3.05, 3.63) is 36.7 Å². The van der Waals surface area contributed by atoms with Crippen molar-refractivity contribution in [3.8, 4) is 5.75 Å². The molecule has 1 saturated heterocycles. The Morgan fingerprint density at radius 3 is 2.79 bits per heavy atom. The van der Waals surface area contributed by atoms with Gasteiger partial charge in [-0.05, 0) is 31.0 Å². The molecule has 0 saturated carbocycles. The van der Waals surface area contributed by atoms with Crippen molar-refractivity contribution in [1.82, 2.24) is 9.97 Å². The van der Waals surface area contributed by atoms with Gasteiger partial charge in [0.1, 0.15) is 16.6 Å². The maximum atomic E-state index is 9.46. The van der Waals surface area contributed by atoms with Gasteiger partial charge in [-0.15, -0.1) is 0 Å². The minimum atomic E-state index is 0.272. The van der Waals surface area contributed by atoms with Crippen LogP contribution in [0.1, 0.15) is 12.8 Å². The van der Waals surface area contributed by atoms with Gasteiger partial charge in [-0.25, -0.2) is 4.98 Å². The molecule has 1 aromatic heterocycles. The van der Waals surface area contributed by atoms with Gasteiger partial charge in [0.25, 0.3) is 0 Å². The van der Waals surface area contributed by atoms with Crippen LogP contribution in [0.25, 0.3) is 0 Å². The van der Waals surface area contributed by atoms with Gasteiger partial charge in [-0.3, -0.25) is 4.98 Å². The first-order valence-electron chi connectivity index (χ1n) is 6.35. The highest BCUT2D eigenvalue weighted by Gasteiger charge is 2.14. The lowest BCUT2D eigenvalue weighted by atomic mass is 10.3. The van der Waals surface area contributed by atoms with Crippen molar-refractivity contribution < 1.29 is 5.11 Å². The van der Waals surface area contributed by atoms with Crippen molar-refractivity contribution in [2.24, 2.45) is 0 Å². The summed E-state index contributed by atoms with van der Waals surface area (Å²) in [6.07, 6.45) is 6.03. The minimum Gasteiger partial charge on any atom is -0.508 e. The lowest BCUT2D eigenvalue weighted by Crippen LogP contribution is -2.19. The van der Waals surface area contributed by atoms with E-state index in [0.717, 1.165) is 28.8 Å². The highest BCUT2D eigenvalue weighted by molar-refractivity contribution is 7.99. The topological polar surface area (TPSA) is 49.3 Å². The van der Waals surface area contributed by atoms with Crippen LogP contribution in [0, 0.1) is 0 Å². The van der Waals surface area contributed by atoms with Gasteiger partial charge in [0.15, 0.2) is 0 Å². The summed E-state index contributed by atoms with van der Waals surface area (Å²) in [5.74, 6) is 1.22. The minimum absolute atomic E-state index is 0.272. The number of aromatic hydroxyl groups is 1. The Balaban J connectivity index is 1.79. The zero-order chi connectivity index (χ0) is 13.1. The first kappa shape index (κ1) is 12.3. The fraction of sp³-hybridized carbons (Fsp3) is 0.286. The van der Waals surface area contributed by atoms with E-state index in [2.05, 4.69) is 14.9 Å². The molecule has 1 aliphatic rings.